The number of carbonyl (C=O) groups is 1. The van der Waals surface area contributed by atoms with Crippen LogP contribution in [0.1, 0.15) is 18.6 Å². The van der Waals surface area contributed by atoms with E-state index in [1.165, 1.54) is 12.2 Å². The average Bonchev–Trinajstić information content (AvgIpc) is 2.51. The van der Waals surface area contributed by atoms with Crippen molar-refractivity contribution >= 4 is 18.0 Å². The Bertz CT molecular complexity index is 582. The second-order valence-electron chi connectivity index (χ2n) is 4.11. The SMILES string of the molecule is C=C(C#N)/C=C\C(=C)OC(C=O)c1ccc(SCC)cc1. The van der Waals surface area contributed by atoms with Gasteiger partial charge in [0.1, 0.15) is 5.76 Å². The molecule has 0 spiro atoms. The van der Waals surface area contributed by atoms with E-state index in [9.17, 15) is 4.79 Å². The predicted octanol–water partition coefficient (Wildman–Crippen LogP) is 4.20. The lowest BCUT2D eigenvalue weighted by atomic mass is 10.1. The zero-order valence-electron chi connectivity index (χ0n) is 11.9. The zero-order chi connectivity index (χ0) is 15.7. The summed E-state index contributed by atoms with van der Waals surface area (Å²) >= 11 is 1.73. The fourth-order valence-electron chi connectivity index (χ4n) is 1.53. The number of nitriles is 1. The lowest BCUT2D eigenvalue weighted by Crippen LogP contribution is -2.04. The molecule has 1 aromatic rings. The summed E-state index contributed by atoms with van der Waals surface area (Å²) in [6.45, 7) is 9.30. The average molecular weight is 299 g/mol. The molecule has 1 aromatic carbocycles. The molecular formula is C17H17NO2S. The Hall–Kier alpha value is -2.25. The van der Waals surface area contributed by atoms with Crippen LogP contribution < -0.4 is 0 Å². The van der Waals surface area contributed by atoms with Crippen LogP contribution in [-0.2, 0) is 9.53 Å². The van der Waals surface area contributed by atoms with Gasteiger partial charge in [0.2, 0.25) is 0 Å². The van der Waals surface area contributed by atoms with Gasteiger partial charge in [-0.05, 0) is 35.6 Å². The van der Waals surface area contributed by atoms with Crippen molar-refractivity contribution in [2.75, 3.05) is 5.75 Å². The van der Waals surface area contributed by atoms with Crippen LogP contribution in [0.3, 0.4) is 0 Å². The number of benzene rings is 1. The first-order valence-electron chi connectivity index (χ1n) is 6.41. The maximum absolute atomic E-state index is 11.2. The van der Waals surface area contributed by atoms with Crippen LogP contribution in [0.5, 0.6) is 0 Å². The van der Waals surface area contributed by atoms with Gasteiger partial charge in [0.25, 0.3) is 0 Å². The van der Waals surface area contributed by atoms with Crippen LogP contribution >= 0.6 is 11.8 Å². The van der Waals surface area contributed by atoms with Crippen LogP contribution in [0.2, 0.25) is 0 Å². The Kier molecular flexibility index (Phi) is 7.06. The Morgan fingerprint density at radius 1 is 1.38 bits per heavy atom. The highest BCUT2D eigenvalue weighted by atomic mass is 32.2. The highest BCUT2D eigenvalue weighted by Crippen LogP contribution is 2.23. The summed E-state index contributed by atoms with van der Waals surface area (Å²) in [5.74, 6) is 1.30. The van der Waals surface area contributed by atoms with E-state index in [2.05, 4.69) is 20.1 Å². The fourth-order valence-corrected chi connectivity index (χ4v) is 2.19. The number of allylic oxidation sites excluding steroid dienone is 3. The summed E-state index contributed by atoms with van der Waals surface area (Å²) in [7, 11) is 0. The van der Waals surface area contributed by atoms with E-state index < -0.39 is 6.10 Å². The molecule has 0 aliphatic carbocycles. The summed E-state index contributed by atoms with van der Waals surface area (Å²) in [4.78, 5) is 12.3. The number of thioether (sulfide) groups is 1. The standard InChI is InChI=1S/C17H17NO2S/c1-4-21-16-9-7-15(8-10-16)17(12-19)20-14(3)6-5-13(2)11-18/h5-10,12,17H,2-4H2,1H3/b6-5-. The molecule has 0 fully saturated rings. The topological polar surface area (TPSA) is 50.1 Å². The molecule has 1 unspecified atom stereocenters. The minimum absolute atomic E-state index is 0.295. The van der Waals surface area contributed by atoms with Crippen molar-refractivity contribution in [1.29, 1.82) is 5.26 Å². The first-order chi connectivity index (χ1) is 10.1. The summed E-state index contributed by atoms with van der Waals surface area (Å²) in [6, 6.07) is 9.53. The van der Waals surface area contributed by atoms with Crippen molar-refractivity contribution in [3.05, 3.63) is 66.5 Å². The van der Waals surface area contributed by atoms with Crippen LogP contribution in [0.15, 0.2) is 65.8 Å². The number of hydrogen-bond acceptors (Lipinski definition) is 4. The van der Waals surface area contributed by atoms with E-state index in [1.807, 2.05) is 30.3 Å². The molecule has 108 valence electrons. The maximum atomic E-state index is 11.2. The van der Waals surface area contributed by atoms with E-state index in [-0.39, 0.29) is 0 Å². The largest absolute Gasteiger partial charge is 0.479 e. The van der Waals surface area contributed by atoms with Gasteiger partial charge >= 0.3 is 0 Å². The molecule has 1 rings (SSSR count). The number of aldehydes is 1. The van der Waals surface area contributed by atoms with Crippen molar-refractivity contribution in [1.82, 2.24) is 0 Å². The molecule has 0 N–H and O–H groups in total. The Balaban J connectivity index is 2.72. The number of carbonyl (C=O) groups excluding carboxylic acids is 1. The molecular weight excluding hydrogens is 282 g/mol. The van der Waals surface area contributed by atoms with Gasteiger partial charge in [0, 0.05) is 10.5 Å². The molecule has 3 nitrogen and oxygen atoms in total. The van der Waals surface area contributed by atoms with Crippen LogP contribution in [0.25, 0.3) is 0 Å². The van der Waals surface area contributed by atoms with Crippen LogP contribution in [0, 0.1) is 11.3 Å². The van der Waals surface area contributed by atoms with E-state index in [0.717, 1.165) is 22.5 Å². The molecule has 4 heteroatoms. The predicted molar refractivity (Wildman–Crippen MR) is 85.8 cm³/mol. The minimum atomic E-state index is -0.710. The van der Waals surface area contributed by atoms with Gasteiger partial charge in [-0.25, -0.2) is 0 Å². The van der Waals surface area contributed by atoms with E-state index in [4.69, 9.17) is 10.00 Å². The van der Waals surface area contributed by atoms with E-state index >= 15 is 0 Å². The quantitative estimate of drug-likeness (QED) is 0.237. The smallest absolute Gasteiger partial charge is 0.179 e. The molecule has 0 aliphatic heterocycles. The lowest BCUT2D eigenvalue weighted by molar-refractivity contribution is -0.115. The van der Waals surface area contributed by atoms with Gasteiger partial charge in [0.05, 0.1) is 6.07 Å². The van der Waals surface area contributed by atoms with Gasteiger partial charge in [-0.3, -0.25) is 4.79 Å². The molecule has 0 saturated carbocycles. The third kappa shape index (κ3) is 5.72. The van der Waals surface area contributed by atoms with Gasteiger partial charge < -0.3 is 4.74 Å². The molecule has 1 atom stereocenters. The fraction of sp³-hybridized carbons (Fsp3) is 0.176. The summed E-state index contributed by atoms with van der Waals surface area (Å²) in [5, 5.41) is 8.59. The Morgan fingerprint density at radius 2 is 2.05 bits per heavy atom. The van der Waals surface area contributed by atoms with Gasteiger partial charge in [-0.2, -0.15) is 5.26 Å². The Labute approximate surface area is 129 Å². The molecule has 0 amide bonds. The highest BCUT2D eigenvalue weighted by molar-refractivity contribution is 7.99. The second-order valence-corrected chi connectivity index (χ2v) is 5.45. The normalized spacial score (nSPS) is 11.6. The third-order valence-corrected chi connectivity index (χ3v) is 3.43. The molecule has 21 heavy (non-hydrogen) atoms. The molecule has 0 heterocycles. The summed E-state index contributed by atoms with van der Waals surface area (Å²) < 4.78 is 5.47. The number of ether oxygens (including phenoxy) is 1. The Morgan fingerprint density at radius 3 is 2.57 bits per heavy atom. The molecule has 0 aromatic heterocycles. The molecule has 0 bridgehead atoms. The van der Waals surface area contributed by atoms with Crippen molar-refractivity contribution in [2.24, 2.45) is 0 Å². The molecule has 0 aliphatic rings. The van der Waals surface area contributed by atoms with Crippen molar-refractivity contribution in [2.45, 2.75) is 17.9 Å². The summed E-state index contributed by atoms with van der Waals surface area (Å²) in [5.41, 5.74) is 1.06. The van der Waals surface area contributed by atoms with Crippen LogP contribution in [-0.4, -0.2) is 12.0 Å². The number of nitrogens with zero attached hydrogens (tertiary/aromatic N) is 1. The lowest BCUT2D eigenvalue weighted by Gasteiger charge is -2.14. The van der Waals surface area contributed by atoms with E-state index in [0.29, 0.717) is 11.3 Å². The third-order valence-electron chi connectivity index (χ3n) is 2.54. The van der Waals surface area contributed by atoms with Gasteiger partial charge in [-0.15, -0.1) is 11.8 Å². The van der Waals surface area contributed by atoms with Crippen molar-refractivity contribution in [3.63, 3.8) is 0 Å². The van der Waals surface area contributed by atoms with Crippen LogP contribution in [0.4, 0.5) is 0 Å². The first kappa shape index (κ1) is 16.8. The number of rotatable bonds is 8. The summed E-state index contributed by atoms with van der Waals surface area (Å²) in [6.07, 6.45) is 3.02. The molecule has 0 saturated heterocycles. The minimum Gasteiger partial charge on any atom is -0.479 e. The first-order valence-corrected chi connectivity index (χ1v) is 7.40. The van der Waals surface area contributed by atoms with Crippen molar-refractivity contribution in [3.8, 4) is 6.07 Å². The highest BCUT2D eigenvalue weighted by Gasteiger charge is 2.11. The zero-order valence-corrected chi connectivity index (χ0v) is 12.7. The molecule has 0 radical (unpaired) electrons. The van der Waals surface area contributed by atoms with Gasteiger partial charge in [0.15, 0.2) is 12.4 Å². The van der Waals surface area contributed by atoms with E-state index in [1.54, 1.807) is 11.8 Å². The van der Waals surface area contributed by atoms with Crippen molar-refractivity contribution < 1.29 is 9.53 Å². The monoisotopic (exact) mass is 299 g/mol. The maximum Gasteiger partial charge on any atom is 0.179 e. The number of hydrogen-bond donors (Lipinski definition) is 0. The second kappa shape index (κ2) is 8.83. The van der Waals surface area contributed by atoms with Gasteiger partial charge in [-0.1, -0.05) is 32.2 Å².